The van der Waals surface area contributed by atoms with E-state index in [1.807, 2.05) is 42.5 Å². The third-order valence-corrected chi connectivity index (χ3v) is 3.36. The van der Waals surface area contributed by atoms with Crippen LogP contribution in [0.4, 0.5) is 5.69 Å². The van der Waals surface area contributed by atoms with Crippen LogP contribution in [0.25, 0.3) is 0 Å². The molecule has 5 nitrogen and oxygen atoms in total. The van der Waals surface area contributed by atoms with Gasteiger partial charge in [0.2, 0.25) is 0 Å². The van der Waals surface area contributed by atoms with Crippen molar-refractivity contribution in [3.05, 3.63) is 64.6 Å². The summed E-state index contributed by atoms with van der Waals surface area (Å²) < 4.78 is 0.938. The summed E-state index contributed by atoms with van der Waals surface area (Å²) in [5.74, 6) is 0.196. The lowest BCUT2D eigenvalue weighted by atomic mass is 10.2. The number of carbonyl (C=O) groups excluding carboxylic acids is 1. The SMILES string of the molecule is I.NC(=NCCNC(=O)c1ccc(Br)cc1)Nc1ccccc1. The summed E-state index contributed by atoms with van der Waals surface area (Å²) in [6, 6.07) is 16.7. The number of carbonyl (C=O) groups is 1. The van der Waals surface area contributed by atoms with Crippen molar-refractivity contribution in [2.75, 3.05) is 18.4 Å². The predicted octanol–water partition coefficient (Wildman–Crippen LogP) is 3.22. The third-order valence-electron chi connectivity index (χ3n) is 2.83. The number of nitrogens with zero attached hydrogens (tertiary/aromatic N) is 1. The van der Waals surface area contributed by atoms with Gasteiger partial charge in [-0.05, 0) is 36.4 Å². The summed E-state index contributed by atoms with van der Waals surface area (Å²) in [4.78, 5) is 16.0. The van der Waals surface area contributed by atoms with Gasteiger partial charge < -0.3 is 16.4 Å². The Morgan fingerprint density at radius 2 is 1.74 bits per heavy atom. The van der Waals surface area contributed by atoms with Crippen molar-refractivity contribution in [3.8, 4) is 0 Å². The van der Waals surface area contributed by atoms with Crippen LogP contribution in [0.15, 0.2) is 64.1 Å². The molecule has 0 fully saturated rings. The highest BCUT2D eigenvalue weighted by Crippen LogP contribution is 2.10. The monoisotopic (exact) mass is 488 g/mol. The molecule has 0 radical (unpaired) electrons. The van der Waals surface area contributed by atoms with Crippen LogP contribution in [-0.2, 0) is 0 Å². The van der Waals surface area contributed by atoms with E-state index in [0.29, 0.717) is 24.6 Å². The molecule has 0 saturated carbocycles. The van der Waals surface area contributed by atoms with Gasteiger partial charge in [0.25, 0.3) is 5.91 Å². The molecule has 0 spiro atoms. The second kappa shape index (κ2) is 10.2. The zero-order valence-electron chi connectivity index (χ0n) is 12.3. The number of hydrogen-bond acceptors (Lipinski definition) is 2. The van der Waals surface area contributed by atoms with Crippen LogP contribution in [0.1, 0.15) is 10.4 Å². The molecule has 0 aliphatic carbocycles. The highest BCUT2D eigenvalue weighted by atomic mass is 127. The van der Waals surface area contributed by atoms with Crippen LogP contribution in [0.3, 0.4) is 0 Å². The van der Waals surface area contributed by atoms with Crippen molar-refractivity contribution < 1.29 is 4.79 Å². The van der Waals surface area contributed by atoms with Gasteiger partial charge in [0.05, 0.1) is 6.54 Å². The summed E-state index contributed by atoms with van der Waals surface area (Å²) in [7, 11) is 0. The number of halogens is 2. The van der Waals surface area contributed by atoms with E-state index in [1.165, 1.54) is 0 Å². The van der Waals surface area contributed by atoms with Gasteiger partial charge in [-0.1, -0.05) is 34.1 Å². The Hall–Kier alpha value is -1.61. The standard InChI is InChI=1S/C16H17BrN4O.HI/c17-13-8-6-12(7-9-13)15(22)19-10-11-20-16(18)21-14-4-2-1-3-5-14;/h1-9H,10-11H2,(H,19,22)(H3,18,20,21);1H. The van der Waals surface area contributed by atoms with E-state index in [0.717, 1.165) is 10.2 Å². The van der Waals surface area contributed by atoms with Crippen LogP contribution in [-0.4, -0.2) is 25.0 Å². The van der Waals surface area contributed by atoms with Gasteiger partial charge in [0, 0.05) is 22.3 Å². The second-order valence-electron chi connectivity index (χ2n) is 4.52. The number of aliphatic imine (C=N–C) groups is 1. The first-order valence-corrected chi connectivity index (χ1v) is 7.60. The Kier molecular flexibility index (Phi) is 8.64. The Morgan fingerprint density at radius 3 is 2.39 bits per heavy atom. The van der Waals surface area contributed by atoms with Gasteiger partial charge >= 0.3 is 0 Å². The summed E-state index contributed by atoms with van der Waals surface area (Å²) in [6.45, 7) is 0.833. The van der Waals surface area contributed by atoms with Gasteiger partial charge in [-0.2, -0.15) is 0 Å². The first kappa shape index (κ1) is 19.4. The molecule has 0 bridgehead atoms. The number of para-hydroxylation sites is 1. The highest BCUT2D eigenvalue weighted by Gasteiger charge is 2.03. The maximum atomic E-state index is 11.9. The van der Waals surface area contributed by atoms with E-state index in [4.69, 9.17) is 5.73 Å². The normalized spacial score (nSPS) is 10.6. The van der Waals surface area contributed by atoms with E-state index in [-0.39, 0.29) is 29.9 Å². The van der Waals surface area contributed by atoms with Gasteiger partial charge in [0.1, 0.15) is 0 Å². The average molecular weight is 489 g/mol. The summed E-state index contributed by atoms with van der Waals surface area (Å²) in [6.07, 6.45) is 0. The molecule has 0 aromatic heterocycles. The Balaban J connectivity index is 0.00000264. The zero-order valence-corrected chi connectivity index (χ0v) is 16.2. The molecule has 0 saturated heterocycles. The van der Waals surface area contributed by atoms with Crippen molar-refractivity contribution in [1.82, 2.24) is 5.32 Å². The zero-order chi connectivity index (χ0) is 15.8. The largest absolute Gasteiger partial charge is 0.370 e. The molecule has 0 atom stereocenters. The fourth-order valence-electron chi connectivity index (χ4n) is 1.76. The van der Waals surface area contributed by atoms with Crippen molar-refractivity contribution in [2.24, 2.45) is 10.7 Å². The summed E-state index contributed by atoms with van der Waals surface area (Å²) in [5.41, 5.74) is 7.26. The number of nitrogens with two attached hydrogens (primary N) is 1. The van der Waals surface area contributed by atoms with Crippen molar-refractivity contribution in [3.63, 3.8) is 0 Å². The fourth-order valence-corrected chi connectivity index (χ4v) is 2.02. The third kappa shape index (κ3) is 7.00. The number of nitrogens with one attached hydrogen (secondary N) is 2. The number of benzene rings is 2. The molecule has 1 amide bonds. The van der Waals surface area contributed by atoms with Gasteiger partial charge in [-0.15, -0.1) is 24.0 Å². The fraction of sp³-hybridized carbons (Fsp3) is 0.125. The van der Waals surface area contributed by atoms with E-state index >= 15 is 0 Å². The van der Waals surface area contributed by atoms with E-state index < -0.39 is 0 Å². The van der Waals surface area contributed by atoms with Gasteiger partial charge in [-0.25, -0.2) is 0 Å². The topological polar surface area (TPSA) is 79.5 Å². The highest BCUT2D eigenvalue weighted by molar-refractivity contribution is 14.0. The minimum absolute atomic E-state index is 0. The average Bonchev–Trinajstić information content (AvgIpc) is 2.53. The molecule has 0 unspecified atom stereocenters. The first-order chi connectivity index (χ1) is 10.6. The van der Waals surface area contributed by atoms with Crippen molar-refractivity contribution in [2.45, 2.75) is 0 Å². The molecule has 2 aromatic rings. The van der Waals surface area contributed by atoms with E-state index in [2.05, 4.69) is 31.6 Å². The Morgan fingerprint density at radius 1 is 1.09 bits per heavy atom. The smallest absolute Gasteiger partial charge is 0.251 e. The Bertz CT molecular complexity index is 647. The lowest BCUT2D eigenvalue weighted by Crippen LogP contribution is -2.28. The number of anilines is 1. The molecule has 4 N–H and O–H groups in total. The van der Waals surface area contributed by atoms with Gasteiger partial charge in [-0.3, -0.25) is 9.79 Å². The molecule has 0 heterocycles. The maximum Gasteiger partial charge on any atom is 0.251 e. The maximum absolute atomic E-state index is 11.9. The molecular weight excluding hydrogens is 471 g/mol. The first-order valence-electron chi connectivity index (χ1n) is 6.81. The van der Waals surface area contributed by atoms with Crippen molar-refractivity contribution in [1.29, 1.82) is 0 Å². The molecule has 23 heavy (non-hydrogen) atoms. The summed E-state index contributed by atoms with van der Waals surface area (Å²) >= 11 is 3.33. The number of guanidine groups is 1. The van der Waals surface area contributed by atoms with Crippen LogP contribution < -0.4 is 16.4 Å². The van der Waals surface area contributed by atoms with Crippen molar-refractivity contribution >= 4 is 57.5 Å². The molecule has 122 valence electrons. The summed E-state index contributed by atoms with van der Waals surface area (Å²) in [5, 5.41) is 5.77. The minimum Gasteiger partial charge on any atom is -0.370 e. The van der Waals surface area contributed by atoms with Crippen LogP contribution in [0.5, 0.6) is 0 Å². The molecule has 0 aliphatic rings. The van der Waals surface area contributed by atoms with Crippen LogP contribution >= 0.6 is 39.9 Å². The van der Waals surface area contributed by atoms with Crippen LogP contribution in [0, 0.1) is 0 Å². The number of hydrogen-bond donors (Lipinski definition) is 3. The molecule has 7 heteroatoms. The molecule has 2 rings (SSSR count). The molecular formula is C16H18BrIN4O. The van der Waals surface area contributed by atoms with Crippen LogP contribution in [0.2, 0.25) is 0 Å². The molecule has 2 aromatic carbocycles. The Labute approximate surface area is 160 Å². The second-order valence-corrected chi connectivity index (χ2v) is 5.44. The lowest BCUT2D eigenvalue weighted by Gasteiger charge is -2.06. The van der Waals surface area contributed by atoms with E-state index in [9.17, 15) is 4.79 Å². The van der Waals surface area contributed by atoms with E-state index in [1.54, 1.807) is 12.1 Å². The quantitative estimate of drug-likeness (QED) is 0.261. The number of amides is 1. The lowest BCUT2D eigenvalue weighted by molar-refractivity contribution is 0.0955. The molecule has 0 aliphatic heterocycles. The predicted molar refractivity (Wildman–Crippen MR) is 108 cm³/mol. The number of rotatable bonds is 5. The minimum atomic E-state index is -0.128. The van der Waals surface area contributed by atoms with Gasteiger partial charge in [0.15, 0.2) is 5.96 Å².